The van der Waals surface area contributed by atoms with Crippen LogP contribution in [0.2, 0.25) is 10.0 Å². The van der Waals surface area contributed by atoms with Crippen molar-refractivity contribution < 1.29 is 4.79 Å². The van der Waals surface area contributed by atoms with E-state index in [0.717, 1.165) is 0 Å². The normalized spacial score (nSPS) is 11.3. The second kappa shape index (κ2) is 5.02. The van der Waals surface area contributed by atoms with Crippen LogP contribution in [0.1, 0.15) is 20.3 Å². The van der Waals surface area contributed by atoms with Crippen LogP contribution in [-0.4, -0.2) is 11.4 Å². The van der Waals surface area contributed by atoms with Crippen LogP contribution in [0.15, 0.2) is 12.1 Å². The highest BCUT2D eigenvalue weighted by Gasteiger charge is 2.22. The maximum absolute atomic E-state index is 10.9. The fraction of sp³-hybridized carbons (Fsp3) is 0.364. The third-order valence-corrected chi connectivity index (χ3v) is 2.74. The fourth-order valence-corrected chi connectivity index (χ4v) is 2.13. The van der Waals surface area contributed by atoms with Crippen LogP contribution in [0.25, 0.3) is 0 Å². The Balaban J connectivity index is 2.99. The van der Waals surface area contributed by atoms with E-state index < -0.39 is 11.4 Å². The molecule has 0 saturated heterocycles. The molecule has 0 saturated carbocycles. The number of hydrogen-bond acceptors (Lipinski definition) is 3. The maximum atomic E-state index is 10.9. The highest BCUT2D eigenvalue weighted by atomic mass is 35.5. The number of nitrogens with one attached hydrogen (secondary N) is 1. The van der Waals surface area contributed by atoms with Gasteiger partial charge >= 0.3 is 0 Å². The van der Waals surface area contributed by atoms with E-state index in [9.17, 15) is 4.79 Å². The predicted molar refractivity (Wildman–Crippen MR) is 72.4 cm³/mol. The van der Waals surface area contributed by atoms with Crippen LogP contribution < -0.4 is 16.8 Å². The summed E-state index contributed by atoms with van der Waals surface area (Å²) in [6.45, 7) is 3.67. The van der Waals surface area contributed by atoms with Gasteiger partial charge in [-0.15, -0.1) is 0 Å². The van der Waals surface area contributed by atoms with Crippen molar-refractivity contribution >= 4 is 40.5 Å². The first-order valence-corrected chi connectivity index (χ1v) is 5.78. The molecule has 0 unspecified atom stereocenters. The Morgan fingerprint density at radius 3 is 2.24 bits per heavy atom. The number of anilines is 2. The summed E-state index contributed by atoms with van der Waals surface area (Å²) in [7, 11) is 0. The van der Waals surface area contributed by atoms with Crippen LogP contribution in [0.5, 0.6) is 0 Å². The molecule has 1 rings (SSSR count). The standard InChI is InChI=1S/C11H15Cl2N3O/c1-11(2,5-9(15)17)16-10-7(12)3-6(14)4-8(10)13/h3-4,16H,5,14H2,1-2H3,(H2,15,17). The highest BCUT2D eigenvalue weighted by Crippen LogP contribution is 2.35. The van der Waals surface area contributed by atoms with Crippen molar-refractivity contribution in [1.82, 2.24) is 0 Å². The first kappa shape index (κ1) is 13.9. The van der Waals surface area contributed by atoms with Crippen molar-refractivity contribution in [3.05, 3.63) is 22.2 Å². The molecule has 17 heavy (non-hydrogen) atoms. The second-order valence-electron chi connectivity index (χ2n) is 4.51. The third-order valence-electron chi connectivity index (χ3n) is 2.14. The topological polar surface area (TPSA) is 81.1 Å². The smallest absolute Gasteiger partial charge is 0.219 e. The Labute approximate surface area is 110 Å². The molecule has 0 aliphatic carbocycles. The molecule has 94 valence electrons. The molecule has 5 N–H and O–H groups in total. The summed E-state index contributed by atoms with van der Waals surface area (Å²) in [5.41, 5.74) is 11.3. The molecule has 0 spiro atoms. The predicted octanol–water partition coefficient (Wildman–Crippen LogP) is 2.64. The summed E-state index contributed by atoms with van der Waals surface area (Å²) in [5, 5.41) is 3.91. The highest BCUT2D eigenvalue weighted by molar-refractivity contribution is 6.39. The summed E-state index contributed by atoms with van der Waals surface area (Å²) in [6, 6.07) is 3.19. The zero-order chi connectivity index (χ0) is 13.2. The van der Waals surface area contributed by atoms with Crippen molar-refractivity contribution in [2.45, 2.75) is 25.8 Å². The molecule has 0 fully saturated rings. The van der Waals surface area contributed by atoms with Gasteiger partial charge in [0.1, 0.15) is 0 Å². The Bertz CT molecular complexity index is 423. The van der Waals surface area contributed by atoms with Crippen LogP contribution >= 0.6 is 23.2 Å². The molecular formula is C11H15Cl2N3O. The van der Waals surface area contributed by atoms with Gasteiger partial charge in [0.05, 0.1) is 15.7 Å². The summed E-state index contributed by atoms with van der Waals surface area (Å²) < 4.78 is 0. The van der Waals surface area contributed by atoms with E-state index in [-0.39, 0.29) is 6.42 Å². The number of benzene rings is 1. The number of rotatable bonds is 4. The minimum absolute atomic E-state index is 0.171. The lowest BCUT2D eigenvalue weighted by atomic mass is 10.00. The van der Waals surface area contributed by atoms with Crippen molar-refractivity contribution in [3.8, 4) is 0 Å². The van der Waals surface area contributed by atoms with E-state index in [2.05, 4.69) is 5.32 Å². The van der Waals surface area contributed by atoms with Gasteiger partial charge in [0, 0.05) is 17.6 Å². The van der Waals surface area contributed by atoms with E-state index in [1.807, 2.05) is 13.8 Å². The summed E-state index contributed by atoms with van der Waals surface area (Å²) in [4.78, 5) is 10.9. The lowest BCUT2D eigenvalue weighted by Gasteiger charge is -2.27. The minimum Gasteiger partial charge on any atom is -0.399 e. The Kier molecular flexibility index (Phi) is 4.11. The molecule has 6 heteroatoms. The molecule has 0 radical (unpaired) electrons. The number of nitrogen functional groups attached to an aromatic ring is 1. The fourth-order valence-electron chi connectivity index (χ4n) is 1.53. The average molecular weight is 276 g/mol. The van der Waals surface area contributed by atoms with Gasteiger partial charge in [-0.3, -0.25) is 4.79 Å². The van der Waals surface area contributed by atoms with Gasteiger partial charge < -0.3 is 16.8 Å². The third kappa shape index (κ3) is 3.98. The largest absolute Gasteiger partial charge is 0.399 e. The van der Waals surface area contributed by atoms with E-state index in [1.165, 1.54) is 0 Å². The van der Waals surface area contributed by atoms with Gasteiger partial charge in [-0.2, -0.15) is 0 Å². The molecule has 1 aromatic carbocycles. The van der Waals surface area contributed by atoms with Gasteiger partial charge in [-0.1, -0.05) is 23.2 Å². The molecule has 0 aliphatic heterocycles. The SMILES string of the molecule is CC(C)(CC(N)=O)Nc1c(Cl)cc(N)cc1Cl. The Morgan fingerprint density at radius 2 is 1.82 bits per heavy atom. The van der Waals surface area contributed by atoms with Crippen molar-refractivity contribution in [2.75, 3.05) is 11.1 Å². The zero-order valence-electron chi connectivity index (χ0n) is 9.68. The Hall–Kier alpha value is -1.13. The number of carbonyl (C=O) groups is 1. The van der Waals surface area contributed by atoms with Gasteiger partial charge in [0.15, 0.2) is 0 Å². The van der Waals surface area contributed by atoms with Crippen LogP contribution in [-0.2, 0) is 4.79 Å². The minimum atomic E-state index is -0.533. The monoisotopic (exact) mass is 275 g/mol. The van der Waals surface area contributed by atoms with E-state index in [0.29, 0.717) is 21.4 Å². The van der Waals surface area contributed by atoms with Crippen molar-refractivity contribution in [3.63, 3.8) is 0 Å². The maximum Gasteiger partial charge on any atom is 0.219 e. The van der Waals surface area contributed by atoms with E-state index in [1.54, 1.807) is 12.1 Å². The lowest BCUT2D eigenvalue weighted by Crippen LogP contribution is -2.36. The number of hydrogen-bond donors (Lipinski definition) is 3. The van der Waals surface area contributed by atoms with Crippen LogP contribution in [0.3, 0.4) is 0 Å². The van der Waals surface area contributed by atoms with E-state index in [4.69, 9.17) is 34.7 Å². The summed E-state index contributed by atoms with van der Waals surface area (Å²) in [6.07, 6.45) is 0.171. The molecule has 0 aromatic heterocycles. The van der Waals surface area contributed by atoms with Crippen LogP contribution in [0.4, 0.5) is 11.4 Å². The average Bonchev–Trinajstić information content (AvgIpc) is 2.09. The molecule has 4 nitrogen and oxygen atoms in total. The number of halogens is 2. The molecule has 1 amide bonds. The molecule has 0 heterocycles. The molecule has 0 atom stereocenters. The van der Waals surface area contributed by atoms with Crippen LogP contribution in [0, 0.1) is 0 Å². The number of primary amides is 1. The van der Waals surface area contributed by atoms with Gasteiger partial charge in [0.25, 0.3) is 0 Å². The first-order chi connectivity index (χ1) is 7.71. The molecule has 1 aromatic rings. The number of amides is 1. The molecule has 0 bridgehead atoms. The second-order valence-corrected chi connectivity index (χ2v) is 5.33. The number of carbonyl (C=O) groups excluding carboxylic acids is 1. The van der Waals surface area contributed by atoms with Gasteiger partial charge in [-0.05, 0) is 26.0 Å². The molecular weight excluding hydrogens is 261 g/mol. The van der Waals surface area contributed by atoms with Gasteiger partial charge in [-0.25, -0.2) is 0 Å². The number of nitrogens with two attached hydrogens (primary N) is 2. The molecule has 0 aliphatic rings. The summed E-state index contributed by atoms with van der Waals surface area (Å²) in [5.74, 6) is -0.398. The lowest BCUT2D eigenvalue weighted by molar-refractivity contribution is -0.118. The quantitative estimate of drug-likeness (QED) is 0.739. The van der Waals surface area contributed by atoms with Crippen molar-refractivity contribution in [1.29, 1.82) is 0 Å². The van der Waals surface area contributed by atoms with E-state index >= 15 is 0 Å². The van der Waals surface area contributed by atoms with Crippen molar-refractivity contribution in [2.24, 2.45) is 5.73 Å². The van der Waals surface area contributed by atoms with Gasteiger partial charge in [0.2, 0.25) is 5.91 Å². The Morgan fingerprint density at radius 1 is 1.35 bits per heavy atom. The first-order valence-electron chi connectivity index (χ1n) is 5.02. The summed E-state index contributed by atoms with van der Waals surface area (Å²) >= 11 is 12.1. The zero-order valence-corrected chi connectivity index (χ0v) is 11.2.